The maximum Gasteiger partial charge on any atom is 0.0992 e. The number of hydrogen-bond donors (Lipinski definition) is 1. The zero-order valence-corrected chi connectivity index (χ0v) is 10.6. The molecule has 0 radical (unpaired) electrons. The Labute approximate surface area is 111 Å². The molecule has 2 aromatic heterocycles. The van der Waals surface area contributed by atoms with E-state index in [0.717, 1.165) is 28.8 Å². The number of benzene rings is 1. The van der Waals surface area contributed by atoms with Gasteiger partial charge in [-0.2, -0.15) is 0 Å². The molecule has 3 heteroatoms. The number of nitrogen functional groups attached to an aromatic ring is 1. The predicted octanol–water partition coefficient (Wildman–Crippen LogP) is 3.07. The minimum absolute atomic E-state index is 0.953. The molecule has 0 bridgehead atoms. The van der Waals surface area contributed by atoms with Crippen LogP contribution >= 0.6 is 0 Å². The van der Waals surface area contributed by atoms with Gasteiger partial charge in [-0.1, -0.05) is 18.2 Å². The Morgan fingerprint density at radius 2 is 2.05 bits per heavy atom. The van der Waals surface area contributed by atoms with Crippen LogP contribution in [0.3, 0.4) is 0 Å². The molecule has 0 fully saturated rings. The van der Waals surface area contributed by atoms with E-state index in [0.29, 0.717) is 0 Å². The molecule has 3 nitrogen and oxygen atoms in total. The number of aryl methyl sites for hydroxylation is 1. The Morgan fingerprint density at radius 3 is 3.00 bits per heavy atom. The van der Waals surface area contributed by atoms with Gasteiger partial charge in [0.2, 0.25) is 0 Å². The standard InChI is InChI=1S/C16H15N3/c17-16-14-3-1-2-11(14)5-7-15(16)12-4-6-13-8-18-10-19(13)9-12/h4-10H,1-3,17H2. The molecule has 2 heterocycles. The fraction of sp³-hybridized carbons (Fsp3) is 0.188. The van der Waals surface area contributed by atoms with E-state index >= 15 is 0 Å². The monoisotopic (exact) mass is 249 g/mol. The van der Waals surface area contributed by atoms with Gasteiger partial charge >= 0.3 is 0 Å². The molecule has 0 saturated heterocycles. The van der Waals surface area contributed by atoms with Gasteiger partial charge in [-0.25, -0.2) is 4.98 Å². The fourth-order valence-corrected chi connectivity index (χ4v) is 3.03. The van der Waals surface area contributed by atoms with Gasteiger partial charge in [0.15, 0.2) is 0 Å². The van der Waals surface area contributed by atoms with Crippen LogP contribution in [0.15, 0.2) is 43.0 Å². The lowest BCUT2D eigenvalue weighted by Crippen LogP contribution is -1.97. The summed E-state index contributed by atoms with van der Waals surface area (Å²) in [7, 11) is 0. The SMILES string of the molecule is Nc1c(-c2ccc3cncn3c2)ccc2c1CCC2. The Morgan fingerprint density at radius 1 is 1.11 bits per heavy atom. The number of anilines is 1. The lowest BCUT2D eigenvalue weighted by molar-refractivity contribution is 0.912. The Kier molecular flexibility index (Phi) is 2.15. The van der Waals surface area contributed by atoms with Crippen LogP contribution in [0.2, 0.25) is 0 Å². The topological polar surface area (TPSA) is 43.3 Å². The highest BCUT2D eigenvalue weighted by Crippen LogP contribution is 2.35. The van der Waals surface area contributed by atoms with Crippen molar-refractivity contribution in [2.75, 3.05) is 5.73 Å². The van der Waals surface area contributed by atoms with E-state index in [1.54, 1.807) is 0 Å². The van der Waals surface area contributed by atoms with Crippen LogP contribution in [0.1, 0.15) is 17.5 Å². The average molecular weight is 249 g/mol. The lowest BCUT2D eigenvalue weighted by atomic mass is 9.99. The molecule has 1 aromatic carbocycles. The third-order valence-electron chi connectivity index (χ3n) is 4.05. The van der Waals surface area contributed by atoms with Gasteiger partial charge in [0.05, 0.1) is 18.0 Å². The number of pyridine rings is 1. The van der Waals surface area contributed by atoms with Crippen molar-refractivity contribution in [3.05, 3.63) is 54.1 Å². The summed E-state index contributed by atoms with van der Waals surface area (Å²) in [6.45, 7) is 0. The molecule has 3 aromatic rings. The Balaban J connectivity index is 1.92. The van der Waals surface area contributed by atoms with Gasteiger partial charge in [0, 0.05) is 23.0 Å². The van der Waals surface area contributed by atoms with Crippen LogP contribution < -0.4 is 5.73 Å². The van der Waals surface area contributed by atoms with Crippen molar-refractivity contribution in [2.24, 2.45) is 0 Å². The molecular formula is C16H15N3. The maximum absolute atomic E-state index is 6.36. The Hall–Kier alpha value is -2.29. The summed E-state index contributed by atoms with van der Waals surface area (Å²) in [5.74, 6) is 0. The van der Waals surface area contributed by atoms with Crippen LogP contribution in [0.5, 0.6) is 0 Å². The summed E-state index contributed by atoms with van der Waals surface area (Å²) in [5.41, 5.74) is 13.5. The van der Waals surface area contributed by atoms with E-state index in [1.165, 1.54) is 24.0 Å². The first-order chi connectivity index (χ1) is 9.33. The highest BCUT2D eigenvalue weighted by Gasteiger charge is 2.16. The zero-order chi connectivity index (χ0) is 12.8. The van der Waals surface area contributed by atoms with Crippen LogP contribution in [-0.4, -0.2) is 9.38 Å². The van der Waals surface area contributed by atoms with Crippen LogP contribution in [-0.2, 0) is 12.8 Å². The number of hydrogen-bond acceptors (Lipinski definition) is 2. The molecule has 1 aliphatic carbocycles. The van der Waals surface area contributed by atoms with E-state index in [9.17, 15) is 0 Å². The number of imidazole rings is 1. The summed E-state index contributed by atoms with van der Waals surface area (Å²) in [4.78, 5) is 4.15. The zero-order valence-electron chi connectivity index (χ0n) is 10.6. The largest absolute Gasteiger partial charge is 0.398 e. The predicted molar refractivity (Wildman–Crippen MR) is 77.1 cm³/mol. The van der Waals surface area contributed by atoms with Crippen molar-refractivity contribution in [1.29, 1.82) is 0 Å². The molecule has 0 spiro atoms. The van der Waals surface area contributed by atoms with E-state index in [1.807, 2.05) is 16.9 Å². The first-order valence-corrected chi connectivity index (χ1v) is 6.65. The molecule has 0 aliphatic heterocycles. The first-order valence-electron chi connectivity index (χ1n) is 6.65. The van der Waals surface area contributed by atoms with E-state index in [-0.39, 0.29) is 0 Å². The smallest absolute Gasteiger partial charge is 0.0992 e. The van der Waals surface area contributed by atoms with Crippen molar-refractivity contribution in [2.45, 2.75) is 19.3 Å². The summed E-state index contributed by atoms with van der Waals surface area (Å²) < 4.78 is 2.03. The summed E-state index contributed by atoms with van der Waals surface area (Å²) in [5, 5.41) is 0. The summed E-state index contributed by atoms with van der Waals surface area (Å²) >= 11 is 0. The number of fused-ring (bicyclic) bond motifs is 2. The van der Waals surface area contributed by atoms with Gasteiger partial charge in [0.1, 0.15) is 0 Å². The molecule has 0 saturated carbocycles. The molecule has 0 amide bonds. The molecule has 94 valence electrons. The second kappa shape index (κ2) is 3.85. The number of rotatable bonds is 1. The van der Waals surface area contributed by atoms with Crippen molar-refractivity contribution >= 4 is 11.2 Å². The highest BCUT2D eigenvalue weighted by atomic mass is 15.0. The quantitative estimate of drug-likeness (QED) is 0.673. The molecule has 19 heavy (non-hydrogen) atoms. The number of aromatic nitrogens is 2. The Bertz CT molecular complexity index is 771. The minimum Gasteiger partial charge on any atom is -0.398 e. The van der Waals surface area contributed by atoms with Crippen LogP contribution in [0.4, 0.5) is 5.69 Å². The van der Waals surface area contributed by atoms with E-state index in [2.05, 4.69) is 35.4 Å². The van der Waals surface area contributed by atoms with Crippen molar-refractivity contribution in [3.8, 4) is 11.1 Å². The minimum atomic E-state index is 0.953. The summed E-state index contributed by atoms with van der Waals surface area (Å²) in [6, 6.07) is 8.57. The second-order valence-electron chi connectivity index (χ2n) is 5.16. The van der Waals surface area contributed by atoms with Crippen LogP contribution in [0, 0.1) is 0 Å². The van der Waals surface area contributed by atoms with Gasteiger partial charge in [0.25, 0.3) is 0 Å². The molecule has 4 rings (SSSR count). The fourth-order valence-electron chi connectivity index (χ4n) is 3.03. The van der Waals surface area contributed by atoms with Gasteiger partial charge < -0.3 is 10.1 Å². The lowest BCUT2D eigenvalue weighted by Gasteiger charge is -2.11. The highest BCUT2D eigenvalue weighted by molar-refractivity contribution is 5.80. The average Bonchev–Trinajstić information content (AvgIpc) is 3.07. The van der Waals surface area contributed by atoms with Crippen molar-refractivity contribution < 1.29 is 0 Å². The van der Waals surface area contributed by atoms with Crippen molar-refractivity contribution in [3.63, 3.8) is 0 Å². The third kappa shape index (κ3) is 1.55. The molecule has 1 aliphatic rings. The normalized spacial score (nSPS) is 13.9. The van der Waals surface area contributed by atoms with Gasteiger partial charge in [-0.05, 0) is 36.5 Å². The molecule has 2 N–H and O–H groups in total. The first kappa shape index (κ1) is 10.6. The van der Waals surface area contributed by atoms with Crippen LogP contribution in [0.25, 0.3) is 16.6 Å². The van der Waals surface area contributed by atoms with E-state index < -0.39 is 0 Å². The molecule has 0 unspecified atom stereocenters. The maximum atomic E-state index is 6.36. The molecular weight excluding hydrogens is 234 g/mol. The number of nitrogens with zero attached hydrogens (tertiary/aromatic N) is 2. The van der Waals surface area contributed by atoms with Gasteiger partial charge in [-0.3, -0.25) is 0 Å². The van der Waals surface area contributed by atoms with E-state index in [4.69, 9.17) is 5.73 Å². The molecule has 0 atom stereocenters. The van der Waals surface area contributed by atoms with Gasteiger partial charge in [-0.15, -0.1) is 0 Å². The summed E-state index contributed by atoms with van der Waals surface area (Å²) in [6.07, 6.45) is 9.28. The number of nitrogens with two attached hydrogens (primary N) is 1. The second-order valence-corrected chi connectivity index (χ2v) is 5.16. The van der Waals surface area contributed by atoms with Crippen molar-refractivity contribution in [1.82, 2.24) is 9.38 Å². The third-order valence-corrected chi connectivity index (χ3v) is 4.05.